The Hall–Kier alpha value is 0.100. The highest BCUT2D eigenvalue weighted by atomic mass is 79.9. The van der Waals surface area contributed by atoms with Gasteiger partial charge in [0.15, 0.2) is 0 Å². The maximum Gasteiger partial charge on any atom is 0.0693 e. The van der Waals surface area contributed by atoms with E-state index < -0.39 is 0 Å². The van der Waals surface area contributed by atoms with Crippen molar-refractivity contribution >= 4 is 27.3 Å². The largest absolute Gasteiger partial charge is 0.392 e. The van der Waals surface area contributed by atoms with Crippen molar-refractivity contribution in [3.63, 3.8) is 0 Å². The Morgan fingerprint density at radius 3 is 2.88 bits per heavy atom. The molecule has 2 unspecified atom stereocenters. The zero-order valence-electron chi connectivity index (χ0n) is 9.50. The van der Waals surface area contributed by atoms with E-state index >= 15 is 0 Å². The minimum Gasteiger partial charge on any atom is -0.392 e. The monoisotopic (exact) mass is 303 g/mol. The molecule has 2 nitrogen and oxygen atoms in total. The molecule has 0 aliphatic heterocycles. The van der Waals surface area contributed by atoms with Gasteiger partial charge in [0.25, 0.3) is 0 Å². The second-order valence-corrected chi connectivity index (χ2v) is 6.65. The van der Waals surface area contributed by atoms with Crippen molar-refractivity contribution in [2.45, 2.75) is 51.3 Å². The number of hydrogen-bond acceptors (Lipinski definition) is 3. The Labute approximate surface area is 109 Å². The smallest absolute Gasteiger partial charge is 0.0693 e. The molecule has 1 aliphatic carbocycles. The first-order valence-corrected chi connectivity index (χ1v) is 7.44. The molecule has 0 saturated heterocycles. The molecule has 1 fully saturated rings. The van der Waals surface area contributed by atoms with E-state index in [4.69, 9.17) is 0 Å². The van der Waals surface area contributed by atoms with Gasteiger partial charge in [-0.2, -0.15) is 0 Å². The summed E-state index contributed by atoms with van der Waals surface area (Å²) >= 11 is 5.34. The average Bonchev–Trinajstić information content (AvgIpc) is 2.57. The number of hydrogen-bond donors (Lipinski definition) is 2. The van der Waals surface area contributed by atoms with Crippen molar-refractivity contribution in [1.29, 1.82) is 0 Å². The van der Waals surface area contributed by atoms with Gasteiger partial charge in [0.05, 0.1) is 6.10 Å². The molecular weight excluding hydrogens is 286 g/mol. The summed E-state index contributed by atoms with van der Waals surface area (Å²) in [6, 6.07) is 2.46. The summed E-state index contributed by atoms with van der Waals surface area (Å²) in [6.07, 6.45) is 4.31. The van der Waals surface area contributed by atoms with Crippen LogP contribution >= 0.6 is 27.3 Å². The second-order valence-electron chi connectivity index (χ2n) is 4.46. The summed E-state index contributed by atoms with van der Waals surface area (Å²) in [5.41, 5.74) is 0. The summed E-state index contributed by atoms with van der Waals surface area (Å²) < 4.78 is 1.19. The van der Waals surface area contributed by atoms with Gasteiger partial charge in [-0.05, 0) is 41.8 Å². The van der Waals surface area contributed by atoms with Crippen LogP contribution in [0.2, 0.25) is 0 Å². The standard InChI is InChI=1S/C12H18BrNOS/c1-8-10(13)6-9(16-8)7-14-11-4-2-3-5-12(11)15/h6,11-12,14-15H,2-5,7H2,1H3. The fourth-order valence-electron chi connectivity index (χ4n) is 2.19. The number of aliphatic hydroxyl groups excluding tert-OH is 1. The highest BCUT2D eigenvalue weighted by Gasteiger charge is 2.22. The molecule has 0 aromatic carbocycles. The Kier molecular flexibility index (Phi) is 4.41. The molecule has 90 valence electrons. The van der Waals surface area contributed by atoms with E-state index in [2.05, 4.69) is 34.2 Å². The van der Waals surface area contributed by atoms with Crippen LogP contribution in [-0.2, 0) is 6.54 Å². The lowest BCUT2D eigenvalue weighted by atomic mass is 9.92. The van der Waals surface area contributed by atoms with Gasteiger partial charge in [0.1, 0.15) is 0 Å². The predicted octanol–water partition coefficient (Wildman–Crippen LogP) is 3.21. The fraction of sp³-hybridized carbons (Fsp3) is 0.667. The molecule has 2 atom stereocenters. The molecule has 0 spiro atoms. The SMILES string of the molecule is Cc1sc(CNC2CCCCC2O)cc1Br. The molecule has 1 aromatic rings. The molecule has 16 heavy (non-hydrogen) atoms. The van der Waals surface area contributed by atoms with Gasteiger partial charge in [-0.25, -0.2) is 0 Å². The number of nitrogens with one attached hydrogen (secondary N) is 1. The van der Waals surface area contributed by atoms with Gasteiger partial charge in [-0.15, -0.1) is 11.3 Å². The molecule has 0 amide bonds. The maximum atomic E-state index is 9.84. The summed E-state index contributed by atoms with van der Waals surface area (Å²) in [4.78, 5) is 2.66. The van der Waals surface area contributed by atoms with E-state index in [-0.39, 0.29) is 12.1 Å². The summed E-state index contributed by atoms with van der Waals surface area (Å²) in [5, 5.41) is 13.3. The molecule has 1 heterocycles. The third-order valence-electron chi connectivity index (χ3n) is 3.18. The van der Waals surface area contributed by atoms with Crippen LogP contribution in [0.15, 0.2) is 10.5 Å². The van der Waals surface area contributed by atoms with Gasteiger partial charge < -0.3 is 10.4 Å². The van der Waals surface area contributed by atoms with E-state index in [1.165, 1.54) is 27.1 Å². The fourth-order valence-corrected chi connectivity index (χ4v) is 3.74. The third kappa shape index (κ3) is 3.06. The van der Waals surface area contributed by atoms with E-state index in [0.717, 1.165) is 19.4 Å². The predicted molar refractivity (Wildman–Crippen MR) is 71.9 cm³/mol. The van der Waals surface area contributed by atoms with Crippen molar-refractivity contribution in [1.82, 2.24) is 5.32 Å². The van der Waals surface area contributed by atoms with Gasteiger partial charge >= 0.3 is 0 Å². The first-order chi connectivity index (χ1) is 7.66. The van der Waals surface area contributed by atoms with Gasteiger partial charge in [-0.3, -0.25) is 0 Å². The van der Waals surface area contributed by atoms with Crippen molar-refractivity contribution in [2.75, 3.05) is 0 Å². The Bertz CT molecular complexity index is 333. The van der Waals surface area contributed by atoms with Crippen LogP contribution in [0.1, 0.15) is 35.4 Å². The average molecular weight is 304 g/mol. The van der Waals surface area contributed by atoms with Crippen LogP contribution in [0.25, 0.3) is 0 Å². The van der Waals surface area contributed by atoms with Crippen molar-refractivity contribution in [3.05, 3.63) is 20.3 Å². The molecule has 0 radical (unpaired) electrons. The zero-order chi connectivity index (χ0) is 11.5. The van der Waals surface area contributed by atoms with Crippen LogP contribution in [-0.4, -0.2) is 17.3 Å². The number of thiophene rings is 1. The van der Waals surface area contributed by atoms with E-state index in [0.29, 0.717) is 0 Å². The lowest BCUT2D eigenvalue weighted by Crippen LogP contribution is -2.41. The van der Waals surface area contributed by atoms with Gasteiger partial charge in [-0.1, -0.05) is 12.8 Å². The summed E-state index contributed by atoms with van der Waals surface area (Å²) in [6.45, 7) is 2.99. The van der Waals surface area contributed by atoms with E-state index in [1.54, 1.807) is 0 Å². The molecule has 4 heteroatoms. The summed E-state index contributed by atoms with van der Waals surface area (Å²) in [7, 11) is 0. The molecular formula is C12H18BrNOS. The maximum absolute atomic E-state index is 9.84. The number of aliphatic hydroxyl groups is 1. The van der Waals surface area contributed by atoms with Crippen LogP contribution in [0.5, 0.6) is 0 Å². The van der Waals surface area contributed by atoms with Crippen LogP contribution < -0.4 is 5.32 Å². The lowest BCUT2D eigenvalue weighted by molar-refractivity contribution is 0.0904. The quantitative estimate of drug-likeness (QED) is 0.899. The molecule has 2 N–H and O–H groups in total. The molecule has 2 rings (SSSR count). The minimum atomic E-state index is -0.154. The van der Waals surface area contributed by atoms with Crippen molar-refractivity contribution in [2.24, 2.45) is 0 Å². The Morgan fingerprint density at radius 1 is 1.50 bits per heavy atom. The molecule has 1 aromatic heterocycles. The van der Waals surface area contributed by atoms with Crippen LogP contribution in [0.4, 0.5) is 0 Å². The summed E-state index contributed by atoms with van der Waals surface area (Å²) in [5.74, 6) is 0. The normalized spacial score (nSPS) is 25.9. The van der Waals surface area contributed by atoms with Crippen LogP contribution in [0.3, 0.4) is 0 Å². The highest BCUT2D eigenvalue weighted by molar-refractivity contribution is 9.10. The van der Waals surface area contributed by atoms with Gasteiger partial charge in [0, 0.05) is 26.8 Å². The molecule has 1 saturated carbocycles. The first-order valence-electron chi connectivity index (χ1n) is 5.83. The second kappa shape index (κ2) is 5.63. The third-order valence-corrected chi connectivity index (χ3v) is 5.31. The lowest BCUT2D eigenvalue weighted by Gasteiger charge is -2.28. The van der Waals surface area contributed by atoms with Crippen LogP contribution in [0, 0.1) is 6.92 Å². The molecule has 1 aliphatic rings. The van der Waals surface area contributed by atoms with Crippen molar-refractivity contribution < 1.29 is 5.11 Å². The van der Waals surface area contributed by atoms with E-state index in [1.807, 2.05) is 11.3 Å². The number of halogens is 1. The highest BCUT2D eigenvalue weighted by Crippen LogP contribution is 2.26. The first kappa shape index (κ1) is 12.6. The Morgan fingerprint density at radius 2 is 2.25 bits per heavy atom. The number of aryl methyl sites for hydroxylation is 1. The van der Waals surface area contributed by atoms with E-state index in [9.17, 15) is 5.11 Å². The molecule has 0 bridgehead atoms. The Balaban J connectivity index is 1.86. The minimum absolute atomic E-state index is 0.154. The van der Waals surface area contributed by atoms with Crippen molar-refractivity contribution in [3.8, 4) is 0 Å². The van der Waals surface area contributed by atoms with Gasteiger partial charge in [0.2, 0.25) is 0 Å². The topological polar surface area (TPSA) is 32.3 Å². The number of rotatable bonds is 3. The zero-order valence-corrected chi connectivity index (χ0v) is 11.9.